The van der Waals surface area contributed by atoms with Crippen LogP contribution >= 0.6 is 0 Å². The Morgan fingerprint density at radius 1 is 1.00 bits per heavy atom. The first-order valence-electron chi connectivity index (χ1n) is 7.92. The summed E-state index contributed by atoms with van der Waals surface area (Å²) in [6, 6.07) is 12.7. The third kappa shape index (κ3) is 2.73. The average Bonchev–Trinajstić information content (AvgIpc) is 2.49. The lowest BCUT2D eigenvalue weighted by Gasteiger charge is -2.25. The molecule has 1 saturated carbocycles. The van der Waals surface area contributed by atoms with Gasteiger partial charge in [0.1, 0.15) is 0 Å². The minimum atomic E-state index is -0.316. The Morgan fingerprint density at radius 3 is 2.45 bits per heavy atom. The number of aryl methyl sites for hydroxylation is 1. The van der Waals surface area contributed by atoms with E-state index in [-0.39, 0.29) is 6.10 Å². The van der Waals surface area contributed by atoms with Gasteiger partial charge in [0.15, 0.2) is 0 Å². The van der Waals surface area contributed by atoms with E-state index >= 15 is 0 Å². The highest BCUT2D eigenvalue weighted by atomic mass is 16.3. The molecular formula is C19H24O. The minimum Gasteiger partial charge on any atom is -0.388 e. The molecule has 20 heavy (non-hydrogen) atoms. The summed E-state index contributed by atoms with van der Waals surface area (Å²) >= 11 is 0. The Balaban J connectivity index is 1.87. The van der Waals surface area contributed by atoms with Crippen molar-refractivity contribution in [3.63, 3.8) is 0 Å². The van der Waals surface area contributed by atoms with Gasteiger partial charge in [-0.15, -0.1) is 0 Å². The third-order valence-corrected chi connectivity index (χ3v) is 4.82. The molecule has 1 aliphatic carbocycles. The second-order valence-electron chi connectivity index (χ2n) is 6.27. The van der Waals surface area contributed by atoms with Gasteiger partial charge in [0.2, 0.25) is 0 Å². The quantitative estimate of drug-likeness (QED) is 0.816. The summed E-state index contributed by atoms with van der Waals surface area (Å²) in [6.45, 7) is 2.14. The van der Waals surface area contributed by atoms with E-state index in [0.29, 0.717) is 5.92 Å². The SMILES string of the molecule is Cc1ccc(C(O)CC2CCCCC2)c2ccccc12. The van der Waals surface area contributed by atoms with Crippen LogP contribution in [0.15, 0.2) is 36.4 Å². The van der Waals surface area contributed by atoms with Crippen LogP contribution in [0.25, 0.3) is 10.8 Å². The van der Waals surface area contributed by atoms with E-state index < -0.39 is 0 Å². The van der Waals surface area contributed by atoms with E-state index in [4.69, 9.17) is 0 Å². The van der Waals surface area contributed by atoms with E-state index in [1.54, 1.807) is 0 Å². The van der Waals surface area contributed by atoms with Gasteiger partial charge >= 0.3 is 0 Å². The van der Waals surface area contributed by atoms with Gasteiger partial charge in [0, 0.05) is 0 Å². The van der Waals surface area contributed by atoms with Crippen molar-refractivity contribution in [2.75, 3.05) is 0 Å². The molecule has 1 atom stereocenters. The number of aliphatic hydroxyl groups excluding tert-OH is 1. The molecule has 1 heteroatoms. The van der Waals surface area contributed by atoms with E-state index in [2.05, 4.69) is 43.3 Å². The monoisotopic (exact) mass is 268 g/mol. The summed E-state index contributed by atoms with van der Waals surface area (Å²) in [5.74, 6) is 0.707. The summed E-state index contributed by atoms with van der Waals surface area (Å²) in [5, 5.41) is 13.2. The van der Waals surface area contributed by atoms with Crippen LogP contribution in [0.3, 0.4) is 0 Å². The first-order valence-corrected chi connectivity index (χ1v) is 7.92. The van der Waals surface area contributed by atoms with Crippen LogP contribution in [-0.2, 0) is 0 Å². The summed E-state index contributed by atoms with van der Waals surface area (Å²) in [4.78, 5) is 0. The smallest absolute Gasteiger partial charge is 0.0798 e. The van der Waals surface area contributed by atoms with Gasteiger partial charge in [0.25, 0.3) is 0 Å². The van der Waals surface area contributed by atoms with E-state index in [9.17, 15) is 5.11 Å². The van der Waals surface area contributed by atoms with Crippen molar-refractivity contribution in [3.05, 3.63) is 47.5 Å². The minimum absolute atomic E-state index is 0.316. The van der Waals surface area contributed by atoms with Crippen molar-refractivity contribution >= 4 is 10.8 Å². The van der Waals surface area contributed by atoms with Gasteiger partial charge in [-0.25, -0.2) is 0 Å². The molecule has 1 N–H and O–H groups in total. The highest BCUT2D eigenvalue weighted by Gasteiger charge is 2.20. The topological polar surface area (TPSA) is 20.2 Å². The van der Waals surface area contributed by atoms with Crippen LogP contribution in [-0.4, -0.2) is 5.11 Å². The largest absolute Gasteiger partial charge is 0.388 e. The summed E-state index contributed by atoms with van der Waals surface area (Å²) in [6.07, 6.45) is 7.25. The molecule has 0 heterocycles. The summed E-state index contributed by atoms with van der Waals surface area (Å²) in [7, 11) is 0. The first kappa shape index (κ1) is 13.6. The van der Waals surface area contributed by atoms with Crippen molar-refractivity contribution in [1.82, 2.24) is 0 Å². The van der Waals surface area contributed by atoms with Crippen molar-refractivity contribution in [1.29, 1.82) is 0 Å². The molecule has 0 radical (unpaired) electrons. The van der Waals surface area contributed by atoms with Crippen molar-refractivity contribution < 1.29 is 5.11 Å². The first-order chi connectivity index (χ1) is 9.75. The number of benzene rings is 2. The lowest BCUT2D eigenvalue weighted by Crippen LogP contribution is -2.11. The Kier molecular flexibility index (Phi) is 4.07. The maximum atomic E-state index is 10.7. The van der Waals surface area contributed by atoms with Gasteiger partial charge in [-0.1, -0.05) is 68.5 Å². The lowest BCUT2D eigenvalue weighted by atomic mass is 9.83. The van der Waals surface area contributed by atoms with Gasteiger partial charge < -0.3 is 5.11 Å². The maximum Gasteiger partial charge on any atom is 0.0798 e. The maximum absolute atomic E-state index is 10.7. The summed E-state index contributed by atoms with van der Waals surface area (Å²) in [5.41, 5.74) is 2.39. The van der Waals surface area contributed by atoms with Crippen LogP contribution in [0.5, 0.6) is 0 Å². The Hall–Kier alpha value is -1.34. The fourth-order valence-electron chi connectivity index (χ4n) is 3.63. The Morgan fingerprint density at radius 2 is 1.70 bits per heavy atom. The number of rotatable bonds is 3. The molecule has 1 aliphatic rings. The van der Waals surface area contributed by atoms with Crippen molar-refractivity contribution in [3.8, 4) is 0 Å². The number of hydrogen-bond donors (Lipinski definition) is 1. The molecule has 106 valence electrons. The molecule has 1 nitrogen and oxygen atoms in total. The molecule has 0 amide bonds. The van der Waals surface area contributed by atoms with E-state index in [1.807, 2.05) is 0 Å². The molecule has 3 rings (SSSR count). The average molecular weight is 268 g/mol. The fourth-order valence-corrected chi connectivity index (χ4v) is 3.63. The van der Waals surface area contributed by atoms with Gasteiger partial charge in [-0.2, -0.15) is 0 Å². The fraction of sp³-hybridized carbons (Fsp3) is 0.474. The standard InChI is InChI=1S/C19H24O/c1-14-11-12-18(17-10-6-5-9-16(14)17)19(20)13-15-7-3-2-4-8-15/h5-6,9-12,15,19-20H,2-4,7-8,13H2,1H3. The zero-order valence-electron chi connectivity index (χ0n) is 12.3. The molecule has 0 saturated heterocycles. The van der Waals surface area contributed by atoms with Gasteiger partial charge in [-0.3, -0.25) is 0 Å². The zero-order valence-corrected chi connectivity index (χ0v) is 12.3. The molecule has 0 spiro atoms. The molecule has 0 bridgehead atoms. The normalized spacial score (nSPS) is 18.3. The Bertz CT molecular complexity index is 581. The van der Waals surface area contributed by atoms with Crippen LogP contribution in [0.4, 0.5) is 0 Å². The molecule has 1 unspecified atom stereocenters. The van der Waals surface area contributed by atoms with E-state index in [1.165, 1.54) is 48.4 Å². The van der Waals surface area contributed by atoms with Crippen LogP contribution < -0.4 is 0 Å². The predicted octanol–water partition coefficient (Wildman–Crippen LogP) is 5.15. The molecule has 0 aliphatic heterocycles. The van der Waals surface area contributed by atoms with Crippen LogP contribution in [0.2, 0.25) is 0 Å². The van der Waals surface area contributed by atoms with Crippen LogP contribution in [0, 0.1) is 12.8 Å². The second kappa shape index (κ2) is 5.97. The van der Waals surface area contributed by atoms with Crippen molar-refractivity contribution in [2.45, 2.75) is 51.6 Å². The molecule has 1 fully saturated rings. The molecular weight excluding hydrogens is 244 g/mol. The van der Waals surface area contributed by atoms with Crippen molar-refractivity contribution in [2.24, 2.45) is 5.92 Å². The number of hydrogen-bond acceptors (Lipinski definition) is 1. The second-order valence-corrected chi connectivity index (χ2v) is 6.27. The zero-order chi connectivity index (χ0) is 13.9. The molecule has 0 aromatic heterocycles. The highest BCUT2D eigenvalue weighted by molar-refractivity contribution is 5.88. The predicted molar refractivity (Wildman–Crippen MR) is 84.8 cm³/mol. The Labute approximate surface area is 121 Å². The summed E-state index contributed by atoms with van der Waals surface area (Å²) < 4.78 is 0. The molecule has 2 aromatic rings. The van der Waals surface area contributed by atoms with Crippen LogP contribution in [0.1, 0.15) is 55.8 Å². The highest BCUT2D eigenvalue weighted by Crippen LogP contribution is 2.34. The number of aliphatic hydroxyl groups is 1. The lowest BCUT2D eigenvalue weighted by molar-refractivity contribution is 0.132. The van der Waals surface area contributed by atoms with Gasteiger partial charge in [-0.05, 0) is 41.2 Å². The number of fused-ring (bicyclic) bond motifs is 1. The van der Waals surface area contributed by atoms with Gasteiger partial charge in [0.05, 0.1) is 6.10 Å². The molecule has 2 aromatic carbocycles. The third-order valence-electron chi connectivity index (χ3n) is 4.82. The van der Waals surface area contributed by atoms with E-state index in [0.717, 1.165) is 12.0 Å².